The predicted octanol–water partition coefficient (Wildman–Crippen LogP) is 3.31. The lowest BCUT2D eigenvalue weighted by atomic mass is 10.2. The van der Waals surface area contributed by atoms with E-state index in [9.17, 15) is 13.2 Å². The number of hydrazone groups is 1. The summed E-state index contributed by atoms with van der Waals surface area (Å²) in [7, 11) is -0.856. The van der Waals surface area contributed by atoms with E-state index in [4.69, 9.17) is 32.7 Å². The molecule has 31 heavy (non-hydrogen) atoms. The zero-order chi connectivity index (χ0) is 22.6. The van der Waals surface area contributed by atoms with Crippen LogP contribution in [0.5, 0.6) is 11.5 Å². The van der Waals surface area contributed by atoms with Crippen LogP contribution in [0.1, 0.15) is 18.4 Å². The Morgan fingerprint density at radius 1 is 1.16 bits per heavy atom. The van der Waals surface area contributed by atoms with Crippen LogP contribution in [0.15, 0.2) is 46.4 Å². The molecule has 0 saturated carbocycles. The molecule has 1 amide bonds. The normalized spacial score (nSPS) is 17.1. The number of nitrogens with zero attached hydrogens (tertiary/aromatic N) is 2. The highest BCUT2D eigenvalue weighted by Gasteiger charge is 2.39. The third-order valence-corrected chi connectivity index (χ3v) is 7.31. The molecule has 1 N–H and O–H groups in total. The lowest BCUT2D eigenvalue weighted by Crippen LogP contribution is -2.44. The van der Waals surface area contributed by atoms with Gasteiger partial charge in [0.15, 0.2) is 11.5 Å². The first-order valence-electron chi connectivity index (χ1n) is 9.29. The maximum atomic E-state index is 13.0. The molecule has 1 aliphatic rings. The molecule has 11 heteroatoms. The van der Waals surface area contributed by atoms with Gasteiger partial charge in [-0.3, -0.25) is 4.79 Å². The molecule has 0 radical (unpaired) electrons. The Morgan fingerprint density at radius 2 is 1.81 bits per heavy atom. The summed E-state index contributed by atoms with van der Waals surface area (Å²) in [5.74, 6) is 0.390. The summed E-state index contributed by atoms with van der Waals surface area (Å²) >= 11 is 12.0. The van der Waals surface area contributed by atoms with Crippen LogP contribution in [0.2, 0.25) is 10.0 Å². The summed E-state index contributed by atoms with van der Waals surface area (Å²) in [5, 5.41) is 4.71. The van der Waals surface area contributed by atoms with Gasteiger partial charge in [0.2, 0.25) is 10.0 Å². The number of methoxy groups -OCH3 is 2. The van der Waals surface area contributed by atoms with Crippen molar-refractivity contribution >= 4 is 45.3 Å². The predicted molar refractivity (Wildman–Crippen MR) is 119 cm³/mol. The van der Waals surface area contributed by atoms with Gasteiger partial charge in [-0.1, -0.05) is 23.2 Å². The van der Waals surface area contributed by atoms with E-state index in [0.717, 1.165) is 0 Å². The van der Waals surface area contributed by atoms with Crippen LogP contribution in [0.4, 0.5) is 0 Å². The van der Waals surface area contributed by atoms with Crippen molar-refractivity contribution in [2.24, 2.45) is 5.10 Å². The Morgan fingerprint density at radius 3 is 2.45 bits per heavy atom. The van der Waals surface area contributed by atoms with Gasteiger partial charge in [0.1, 0.15) is 6.04 Å². The van der Waals surface area contributed by atoms with E-state index in [1.54, 1.807) is 12.1 Å². The van der Waals surface area contributed by atoms with Crippen molar-refractivity contribution in [2.45, 2.75) is 23.8 Å². The van der Waals surface area contributed by atoms with E-state index >= 15 is 0 Å². The molecule has 2 aromatic carbocycles. The van der Waals surface area contributed by atoms with Crippen molar-refractivity contribution in [1.29, 1.82) is 0 Å². The van der Waals surface area contributed by atoms with Gasteiger partial charge in [-0.05, 0) is 43.2 Å². The first-order valence-corrected chi connectivity index (χ1v) is 11.5. The van der Waals surface area contributed by atoms with Gasteiger partial charge < -0.3 is 9.47 Å². The third kappa shape index (κ3) is 5.12. The molecule has 2 aromatic rings. The summed E-state index contributed by atoms with van der Waals surface area (Å²) in [5.41, 5.74) is 2.90. The highest BCUT2D eigenvalue weighted by molar-refractivity contribution is 7.89. The number of hydrogen-bond donors (Lipinski definition) is 1. The highest BCUT2D eigenvalue weighted by Crippen LogP contribution is 2.32. The Hall–Kier alpha value is -2.33. The van der Waals surface area contributed by atoms with Crippen molar-refractivity contribution in [3.8, 4) is 11.5 Å². The molecular formula is C20H21Cl2N3O5S. The standard InChI is InChI=1S/C20H21Cl2N3O5S/c1-29-18-10-13(16(22)11-19(18)30-2)12-23-24-20(26)17-4-3-9-25(17)31(27,28)15-7-5-14(21)6-8-15/h5-8,10-12,17H,3-4,9H2,1-2H3,(H,24,26)/b23-12-/t17-/m1/s1. The van der Waals surface area contributed by atoms with Crippen molar-refractivity contribution in [2.75, 3.05) is 20.8 Å². The van der Waals surface area contributed by atoms with Gasteiger partial charge in [-0.15, -0.1) is 0 Å². The van der Waals surface area contributed by atoms with E-state index < -0.39 is 22.0 Å². The lowest BCUT2D eigenvalue weighted by Gasteiger charge is -2.22. The largest absolute Gasteiger partial charge is 0.493 e. The van der Waals surface area contributed by atoms with Crippen LogP contribution in [0.3, 0.4) is 0 Å². The van der Waals surface area contributed by atoms with Crippen LogP contribution >= 0.6 is 23.2 Å². The van der Waals surface area contributed by atoms with Crippen LogP contribution in [-0.2, 0) is 14.8 Å². The second kappa shape index (κ2) is 9.86. The van der Waals surface area contributed by atoms with Crippen molar-refractivity contribution < 1.29 is 22.7 Å². The zero-order valence-electron chi connectivity index (χ0n) is 16.8. The Labute approximate surface area is 190 Å². The van der Waals surface area contributed by atoms with E-state index in [1.165, 1.54) is 49.0 Å². The topological polar surface area (TPSA) is 97.3 Å². The van der Waals surface area contributed by atoms with Crippen LogP contribution in [0, 0.1) is 0 Å². The van der Waals surface area contributed by atoms with Crippen LogP contribution in [0.25, 0.3) is 0 Å². The molecule has 0 aromatic heterocycles. The van der Waals surface area contributed by atoms with E-state index in [-0.39, 0.29) is 11.4 Å². The van der Waals surface area contributed by atoms with Crippen molar-refractivity contribution in [3.63, 3.8) is 0 Å². The molecule has 0 bridgehead atoms. The monoisotopic (exact) mass is 485 g/mol. The Balaban J connectivity index is 1.73. The molecule has 166 valence electrons. The SMILES string of the molecule is COc1cc(Cl)c(/C=N\NC(=O)[C@H]2CCCN2S(=O)(=O)c2ccc(Cl)cc2)cc1OC. The molecular weight excluding hydrogens is 465 g/mol. The molecule has 1 fully saturated rings. The minimum absolute atomic E-state index is 0.0808. The summed E-state index contributed by atoms with van der Waals surface area (Å²) in [6.07, 6.45) is 2.32. The van der Waals surface area contributed by atoms with Crippen LogP contribution < -0.4 is 14.9 Å². The van der Waals surface area contributed by atoms with E-state index in [1.807, 2.05) is 0 Å². The third-order valence-electron chi connectivity index (χ3n) is 4.81. The van der Waals surface area contributed by atoms with Gasteiger partial charge in [-0.2, -0.15) is 9.41 Å². The average Bonchev–Trinajstić information content (AvgIpc) is 3.26. The second-order valence-corrected chi connectivity index (χ2v) is 9.42. The number of carbonyl (C=O) groups excluding carboxylic acids is 1. The van der Waals surface area contributed by atoms with Gasteiger partial charge in [0.05, 0.1) is 30.4 Å². The maximum Gasteiger partial charge on any atom is 0.258 e. The first kappa shape index (κ1) is 23.3. The average molecular weight is 486 g/mol. The molecule has 0 spiro atoms. The Kier molecular flexibility index (Phi) is 7.42. The highest BCUT2D eigenvalue weighted by atomic mass is 35.5. The fraction of sp³-hybridized carbons (Fsp3) is 0.300. The van der Waals surface area contributed by atoms with Gasteiger partial charge >= 0.3 is 0 Å². The second-order valence-electron chi connectivity index (χ2n) is 6.69. The molecule has 8 nitrogen and oxygen atoms in total. The van der Waals surface area contributed by atoms with Gasteiger partial charge in [-0.25, -0.2) is 13.8 Å². The number of sulfonamides is 1. The van der Waals surface area contributed by atoms with Gasteiger partial charge in [0, 0.05) is 23.2 Å². The summed E-state index contributed by atoms with van der Waals surface area (Å²) in [6, 6.07) is 8.15. The van der Waals surface area contributed by atoms with Crippen LogP contribution in [-0.4, -0.2) is 51.7 Å². The van der Waals surface area contributed by atoms with E-state index in [0.29, 0.717) is 39.9 Å². The number of hydrogen-bond acceptors (Lipinski definition) is 6. The summed E-state index contributed by atoms with van der Waals surface area (Å²) in [4.78, 5) is 12.7. The number of carbonyl (C=O) groups is 1. The number of halogens is 2. The molecule has 1 aliphatic heterocycles. The smallest absolute Gasteiger partial charge is 0.258 e. The van der Waals surface area contributed by atoms with Gasteiger partial charge in [0.25, 0.3) is 5.91 Å². The minimum Gasteiger partial charge on any atom is -0.493 e. The Bertz CT molecular complexity index is 1090. The number of amides is 1. The summed E-state index contributed by atoms with van der Waals surface area (Å²) in [6.45, 7) is 0.244. The number of benzene rings is 2. The summed E-state index contributed by atoms with van der Waals surface area (Å²) < 4.78 is 37.5. The molecule has 3 rings (SSSR count). The maximum absolute atomic E-state index is 13.0. The molecule has 1 saturated heterocycles. The molecule has 0 unspecified atom stereocenters. The number of ether oxygens (including phenoxy) is 2. The van der Waals surface area contributed by atoms with E-state index in [2.05, 4.69) is 10.5 Å². The fourth-order valence-corrected chi connectivity index (χ4v) is 5.23. The zero-order valence-corrected chi connectivity index (χ0v) is 19.2. The van der Waals surface area contributed by atoms with Crippen molar-refractivity contribution in [3.05, 3.63) is 52.0 Å². The first-order chi connectivity index (χ1) is 14.8. The number of rotatable bonds is 7. The molecule has 1 atom stereocenters. The number of nitrogens with one attached hydrogen (secondary N) is 1. The lowest BCUT2D eigenvalue weighted by molar-refractivity contribution is -0.124. The molecule has 1 heterocycles. The molecule has 0 aliphatic carbocycles. The fourth-order valence-electron chi connectivity index (χ4n) is 3.24. The minimum atomic E-state index is -3.84. The van der Waals surface area contributed by atoms with Crippen molar-refractivity contribution in [1.82, 2.24) is 9.73 Å². The quantitative estimate of drug-likeness (QED) is 0.479.